The van der Waals surface area contributed by atoms with Gasteiger partial charge in [0.25, 0.3) is 0 Å². The van der Waals surface area contributed by atoms with E-state index >= 15 is 0 Å². The Morgan fingerprint density at radius 1 is 1.56 bits per heavy atom. The molecule has 0 saturated carbocycles. The van der Waals surface area contributed by atoms with Crippen molar-refractivity contribution in [3.63, 3.8) is 0 Å². The predicted octanol–water partition coefficient (Wildman–Crippen LogP) is 0.935. The Morgan fingerprint density at radius 3 is 2.22 bits per heavy atom. The highest BCUT2D eigenvalue weighted by molar-refractivity contribution is 4.88. The summed E-state index contributed by atoms with van der Waals surface area (Å²) in [4.78, 5) is 0. The monoisotopic (exact) mass is 130 g/mol. The highest BCUT2D eigenvalue weighted by atomic mass is 16.5. The lowest BCUT2D eigenvalue weighted by atomic mass is 9.98. The van der Waals surface area contributed by atoms with Gasteiger partial charge in [0, 0.05) is 6.42 Å². The molecule has 1 aliphatic rings. The van der Waals surface area contributed by atoms with E-state index in [1.807, 2.05) is 20.8 Å². The topological polar surface area (TPSA) is 29.5 Å². The summed E-state index contributed by atoms with van der Waals surface area (Å²) in [7, 11) is 0. The molecule has 0 aromatic heterocycles. The summed E-state index contributed by atoms with van der Waals surface area (Å²) in [6.45, 7) is 5.71. The molecule has 3 atom stereocenters. The van der Waals surface area contributed by atoms with Crippen molar-refractivity contribution in [2.75, 3.05) is 0 Å². The Bertz CT molecular complexity index is 109. The molecule has 0 aromatic rings. The summed E-state index contributed by atoms with van der Waals surface area (Å²) >= 11 is 0. The SMILES string of the molecule is CC1CC(C)(O)C(C)O1. The normalized spacial score (nSPS) is 52.0. The Kier molecular flexibility index (Phi) is 1.53. The first-order chi connectivity index (χ1) is 4.02. The quantitative estimate of drug-likeness (QED) is 0.528. The molecule has 1 N–H and O–H groups in total. The van der Waals surface area contributed by atoms with Crippen LogP contribution in [-0.4, -0.2) is 22.9 Å². The van der Waals surface area contributed by atoms with Crippen molar-refractivity contribution in [2.24, 2.45) is 0 Å². The third kappa shape index (κ3) is 1.25. The van der Waals surface area contributed by atoms with Crippen LogP contribution in [0.3, 0.4) is 0 Å². The number of ether oxygens (including phenoxy) is 1. The van der Waals surface area contributed by atoms with E-state index in [2.05, 4.69) is 0 Å². The summed E-state index contributed by atoms with van der Waals surface area (Å²) in [5.74, 6) is 0. The van der Waals surface area contributed by atoms with Gasteiger partial charge in [0.2, 0.25) is 0 Å². The number of hydrogen-bond acceptors (Lipinski definition) is 2. The standard InChI is InChI=1S/C7H14O2/c1-5-4-7(3,8)6(2)9-5/h5-6,8H,4H2,1-3H3. The Labute approximate surface area is 55.8 Å². The Morgan fingerprint density at radius 2 is 2.11 bits per heavy atom. The largest absolute Gasteiger partial charge is 0.387 e. The summed E-state index contributed by atoms with van der Waals surface area (Å²) in [5, 5.41) is 9.51. The van der Waals surface area contributed by atoms with Gasteiger partial charge in [-0.1, -0.05) is 0 Å². The zero-order chi connectivity index (χ0) is 7.07. The molecule has 1 heterocycles. The van der Waals surface area contributed by atoms with Gasteiger partial charge in [0.15, 0.2) is 0 Å². The summed E-state index contributed by atoms with van der Waals surface area (Å²) in [5.41, 5.74) is -0.598. The average Bonchev–Trinajstić information content (AvgIpc) is 1.79. The lowest BCUT2D eigenvalue weighted by Gasteiger charge is -2.18. The van der Waals surface area contributed by atoms with Crippen molar-refractivity contribution in [1.82, 2.24) is 0 Å². The minimum Gasteiger partial charge on any atom is -0.387 e. The van der Waals surface area contributed by atoms with E-state index in [0.717, 1.165) is 6.42 Å². The molecule has 1 fully saturated rings. The van der Waals surface area contributed by atoms with E-state index in [4.69, 9.17) is 4.74 Å². The first-order valence-electron chi connectivity index (χ1n) is 3.40. The van der Waals surface area contributed by atoms with Crippen LogP contribution >= 0.6 is 0 Å². The first kappa shape index (κ1) is 7.03. The second-order valence-corrected chi connectivity index (χ2v) is 3.15. The first-order valence-corrected chi connectivity index (χ1v) is 3.40. The van der Waals surface area contributed by atoms with E-state index in [-0.39, 0.29) is 12.2 Å². The van der Waals surface area contributed by atoms with Gasteiger partial charge in [-0.05, 0) is 20.8 Å². The fourth-order valence-electron chi connectivity index (χ4n) is 1.29. The van der Waals surface area contributed by atoms with Crippen LogP contribution in [0.25, 0.3) is 0 Å². The van der Waals surface area contributed by atoms with E-state index in [1.165, 1.54) is 0 Å². The molecular formula is C7H14O2. The van der Waals surface area contributed by atoms with Crippen molar-refractivity contribution < 1.29 is 9.84 Å². The second-order valence-electron chi connectivity index (χ2n) is 3.15. The van der Waals surface area contributed by atoms with Crippen LogP contribution in [0.4, 0.5) is 0 Å². The molecule has 9 heavy (non-hydrogen) atoms. The van der Waals surface area contributed by atoms with Gasteiger partial charge in [-0.25, -0.2) is 0 Å². The number of hydrogen-bond donors (Lipinski definition) is 1. The maximum Gasteiger partial charge on any atom is 0.0902 e. The van der Waals surface area contributed by atoms with Crippen LogP contribution in [0.5, 0.6) is 0 Å². The van der Waals surface area contributed by atoms with Crippen molar-refractivity contribution in [3.05, 3.63) is 0 Å². The second kappa shape index (κ2) is 1.96. The molecule has 2 nitrogen and oxygen atoms in total. The Hall–Kier alpha value is -0.0800. The molecule has 0 amide bonds. The van der Waals surface area contributed by atoms with Crippen LogP contribution in [-0.2, 0) is 4.74 Å². The van der Waals surface area contributed by atoms with Crippen LogP contribution in [0.1, 0.15) is 27.2 Å². The van der Waals surface area contributed by atoms with Crippen LogP contribution in [0.15, 0.2) is 0 Å². The van der Waals surface area contributed by atoms with Gasteiger partial charge in [-0.3, -0.25) is 0 Å². The predicted molar refractivity (Wildman–Crippen MR) is 35.2 cm³/mol. The molecule has 0 bridgehead atoms. The molecular weight excluding hydrogens is 116 g/mol. The van der Waals surface area contributed by atoms with Gasteiger partial charge in [0.1, 0.15) is 0 Å². The summed E-state index contributed by atoms with van der Waals surface area (Å²) in [6, 6.07) is 0. The summed E-state index contributed by atoms with van der Waals surface area (Å²) in [6.07, 6.45) is 0.969. The summed E-state index contributed by atoms with van der Waals surface area (Å²) < 4.78 is 5.33. The van der Waals surface area contributed by atoms with Crippen LogP contribution in [0.2, 0.25) is 0 Å². The zero-order valence-corrected chi connectivity index (χ0v) is 6.22. The maximum absolute atomic E-state index is 9.51. The van der Waals surface area contributed by atoms with Gasteiger partial charge < -0.3 is 9.84 Å². The molecule has 1 rings (SSSR count). The molecule has 1 aliphatic heterocycles. The highest BCUT2D eigenvalue weighted by Gasteiger charge is 2.38. The molecule has 54 valence electrons. The number of aliphatic hydroxyl groups is 1. The Balaban J connectivity index is 2.58. The third-order valence-electron chi connectivity index (χ3n) is 2.01. The van der Waals surface area contributed by atoms with E-state index in [9.17, 15) is 5.11 Å². The lowest BCUT2D eigenvalue weighted by Crippen LogP contribution is -2.31. The molecule has 0 aliphatic carbocycles. The third-order valence-corrected chi connectivity index (χ3v) is 2.01. The van der Waals surface area contributed by atoms with Gasteiger partial charge in [-0.2, -0.15) is 0 Å². The van der Waals surface area contributed by atoms with Gasteiger partial charge in [0.05, 0.1) is 17.8 Å². The molecule has 0 aromatic carbocycles. The van der Waals surface area contributed by atoms with Gasteiger partial charge >= 0.3 is 0 Å². The van der Waals surface area contributed by atoms with E-state index < -0.39 is 5.60 Å². The molecule has 3 unspecified atom stereocenters. The minimum atomic E-state index is -0.598. The smallest absolute Gasteiger partial charge is 0.0902 e. The average molecular weight is 130 g/mol. The maximum atomic E-state index is 9.51. The molecule has 0 spiro atoms. The van der Waals surface area contributed by atoms with Crippen molar-refractivity contribution in [2.45, 2.75) is 45.0 Å². The van der Waals surface area contributed by atoms with E-state index in [1.54, 1.807) is 0 Å². The van der Waals surface area contributed by atoms with Crippen molar-refractivity contribution in [3.8, 4) is 0 Å². The highest BCUT2D eigenvalue weighted by Crippen LogP contribution is 2.29. The zero-order valence-electron chi connectivity index (χ0n) is 6.22. The van der Waals surface area contributed by atoms with Crippen LogP contribution < -0.4 is 0 Å². The molecule has 0 radical (unpaired) electrons. The number of rotatable bonds is 0. The fraction of sp³-hybridized carbons (Fsp3) is 1.00. The van der Waals surface area contributed by atoms with Crippen LogP contribution in [0, 0.1) is 0 Å². The lowest BCUT2D eigenvalue weighted by molar-refractivity contribution is -0.0233. The minimum absolute atomic E-state index is 0.00694. The van der Waals surface area contributed by atoms with Crippen molar-refractivity contribution >= 4 is 0 Å². The van der Waals surface area contributed by atoms with Crippen molar-refractivity contribution in [1.29, 1.82) is 0 Å². The van der Waals surface area contributed by atoms with E-state index in [0.29, 0.717) is 0 Å². The molecule has 2 heteroatoms. The fourth-order valence-corrected chi connectivity index (χ4v) is 1.29. The molecule has 1 saturated heterocycles. The van der Waals surface area contributed by atoms with Gasteiger partial charge in [-0.15, -0.1) is 0 Å².